The lowest BCUT2D eigenvalue weighted by atomic mass is 9.92. The van der Waals surface area contributed by atoms with Gasteiger partial charge in [0.25, 0.3) is 5.91 Å². The summed E-state index contributed by atoms with van der Waals surface area (Å²) >= 11 is 3.59. The number of carboxylic acids is 1. The second kappa shape index (κ2) is 5.81. The largest absolute Gasteiger partial charge is 0.480 e. The maximum atomic E-state index is 11.9. The molecular formula is C11H14INO3S. The van der Waals surface area contributed by atoms with Crippen LogP contribution in [0.5, 0.6) is 0 Å². The molecule has 0 aliphatic heterocycles. The minimum atomic E-state index is -1.16. The molecule has 1 aromatic heterocycles. The average molecular weight is 367 g/mol. The predicted octanol–water partition coefficient (Wildman–Crippen LogP) is 2.73. The maximum absolute atomic E-state index is 11.9. The Hall–Kier alpha value is -0.630. The summed E-state index contributed by atoms with van der Waals surface area (Å²) in [4.78, 5) is 23.2. The van der Waals surface area contributed by atoms with Crippen molar-refractivity contribution < 1.29 is 14.7 Å². The summed E-state index contributed by atoms with van der Waals surface area (Å²) in [6.07, 6.45) is 0.734. The number of rotatable bonds is 5. The molecule has 1 aromatic rings. The fourth-order valence-electron chi connectivity index (χ4n) is 1.50. The summed E-state index contributed by atoms with van der Waals surface area (Å²) in [5, 5.41) is 13.6. The molecule has 17 heavy (non-hydrogen) atoms. The zero-order valence-electron chi connectivity index (χ0n) is 9.62. The summed E-state index contributed by atoms with van der Waals surface area (Å²) in [6, 6.07) is 1.75. The van der Waals surface area contributed by atoms with Crippen LogP contribution in [0.15, 0.2) is 11.4 Å². The third-order valence-electron chi connectivity index (χ3n) is 2.80. The lowest BCUT2D eigenvalue weighted by Crippen LogP contribution is -2.53. The highest BCUT2D eigenvalue weighted by molar-refractivity contribution is 14.1. The van der Waals surface area contributed by atoms with Crippen molar-refractivity contribution in [2.24, 2.45) is 0 Å². The molecule has 94 valence electrons. The number of carboxylic acid groups (broad SMARTS) is 1. The second-order valence-corrected chi connectivity index (χ2v) is 6.49. The van der Waals surface area contributed by atoms with E-state index in [1.165, 1.54) is 11.3 Å². The lowest BCUT2D eigenvalue weighted by Gasteiger charge is -2.27. The van der Waals surface area contributed by atoms with E-state index in [1.54, 1.807) is 25.3 Å². The molecule has 0 aromatic carbocycles. The molecule has 2 N–H and O–H groups in total. The lowest BCUT2D eigenvalue weighted by molar-refractivity contribution is -0.144. The van der Waals surface area contributed by atoms with Crippen LogP contribution in [0.1, 0.15) is 37.0 Å². The summed E-state index contributed by atoms with van der Waals surface area (Å²) in [5.74, 6) is -1.31. The Kier molecular flexibility index (Phi) is 4.93. The van der Waals surface area contributed by atoms with Crippen LogP contribution >= 0.6 is 33.9 Å². The first-order valence-corrected chi connectivity index (χ1v) is 7.21. The Morgan fingerprint density at radius 1 is 1.47 bits per heavy atom. The van der Waals surface area contributed by atoms with Crippen molar-refractivity contribution in [3.05, 3.63) is 19.9 Å². The Labute approximate surface area is 118 Å². The number of carbonyl (C=O) groups excluding carboxylic acids is 1. The standard InChI is InChI=1S/C11H14INO3S/c1-3-11(4-2,10(15)16)13-9(14)7-5-8(12)17-6-7/h5-6H,3-4H2,1-2H3,(H,13,14)(H,15,16). The maximum Gasteiger partial charge on any atom is 0.329 e. The number of hydrogen-bond donors (Lipinski definition) is 2. The van der Waals surface area contributed by atoms with E-state index in [1.807, 2.05) is 0 Å². The molecule has 0 aliphatic rings. The fourth-order valence-corrected chi connectivity index (χ4v) is 2.83. The highest BCUT2D eigenvalue weighted by Crippen LogP contribution is 2.20. The van der Waals surface area contributed by atoms with Crippen molar-refractivity contribution in [3.63, 3.8) is 0 Å². The van der Waals surface area contributed by atoms with Gasteiger partial charge in [0.05, 0.1) is 8.45 Å². The molecule has 0 saturated heterocycles. The SMILES string of the molecule is CCC(CC)(NC(=O)c1csc(I)c1)C(=O)O. The topological polar surface area (TPSA) is 66.4 Å². The first kappa shape index (κ1) is 14.4. The van der Waals surface area contributed by atoms with Gasteiger partial charge in [0, 0.05) is 5.38 Å². The second-order valence-electron chi connectivity index (χ2n) is 3.69. The van der Waals surface area contributed by atoms with E-state index in [9.17, 15) is 14.7 Å². The van der Waals surface area contributed by atoms with E-state index in [2.05, 4.69) is 27.9 Å². The van der Waals surface area contributed by atoms with Crippen molar-refractivity contribution >= 4 is 45.8 Å². The quantitative estimate of drug-likeness (QED) is 0.787. The minimum absolute atomic E-state index is 0.324. The average Bonchev–Trinajstić information content (AvgIpc) is 2.72. The number of hydrogen-bond acceptors (Lipinski definition) is 3. The molecule has 1 amide bonds. The van der Waals surface area contributed by atoms with E-state index < -0.39 is 11.5 Å². The molecule has 1 rings (SSSR count). The Morgan fingerprint density at radius 3 is 2.41 bits per heavy atom. The molecule has 0 atom stereocenters. The van der Waals surface area contributed by atoms with Crippen molar-refractivity contribution in [2.75, 3.05) is 0 Å². The van der Waals surface area contributed by atoms with E-state index in [0.717, 1.165) is 2.88 Å². The van der Waals surface area contributed by atoms with Gasteiger partial charge < -0.3 is 10.4 Å². The van der Waals surface area contributed by atoms with Gasteiger partial charge in [0.2, 0.25) is 0 Å². The van der Waals surface area contributed by atoms with E-state index in [-0.39, 0.29) is 5.91 Å². The molecule has 0 unspecified atom stereocenters. The number of carbonyl (C=O) groups is 2. The monoisotopic (exact) mass is 367 g/mol. The van der Waals surface area contributed by atoms with Crippen LogP contribution in [0.3, 0.4) is 0 Å². The van der Waals surface area contributed by atoms with Crippen LogP contribution in [0, 0.1) is 2.88 Å². The molecule has 0 spiro atoms. The van der Waals surface area contributed by atoms with Crippen molar-refractivity contribution in [1.29, 1.82) is 0 Å². The number of amides is 1. The summed E-state index contributed by atoms with van der Waals surface area (Å²) in [6.45, 7) is 3.52. The molecule has 6 heteroatoms. The number of nitrogens with one attached hydrogen (secondary N) is 1. The van der Waals surface area contributed by atoms with E-state index in [0.29, 0.717) is 18.4 Å². The third-order valence-corrected chi connectivity index (χ3v) is 4.59. The van der Waals surface area contributed by atoms with Gasteiger partial charge in [-0.3, -0.25) is 4.79 Å². The van der Waals surface area contributed by atoms with Gasteiger partial charge in [-0.15, -0.1) is 11.3 Å². The molecule has 0 aliphatic carbocycles. The highest BCUT2D eigenvalue weighted by atomic mass is 127. The van der Waals surface area contributed by atoms with Crippen molar-refractivity contribution in [3.8, 4) is 0 Å². The van der Waals surface area contributed by atoms with Gasteiger partial charge in [-0.25, -0.2) is 4.79 Å². The van der Waals surface area contributed by atoms with Crippen LogP contribution in [-0.4, -0.2) is 22.5 Å². The molecule has 4 nitrogen and oxygen atoms in total. The van der Waals surface area contributed by atoms with Crippen LogP contribution in [-0.2, 0) is 4.79 Å². The van der Waals surface area contributed by atoms with Gasteiger partial charge in [-0.1, -0.05) is 13.8 Å². The molecule has 0 bridgehead atoms. The van der Waals surface area contributed by atoms with E-state index in [4.69, 9.17) is 0 Å². The highest BCUT2D eigenvalue weighted by Gasteiger charge is 2.36. The van der Waals surface area contributed by atoms with Crippen LogP contribution < -0.4 is 5.32 Å². The first-order chi connectivity index (χ1) is 7.95. The molecular weight excluding hydrogens is 353 g/mol. The molecule has 0 radical (unpaired) electrons. The number of aliphatic carboxylic acids is 1. The smallest absolute Gasteiger partial charge is 0.329 e. The summed E-state index contributed by atoms with van der Waals surface area (Å²) < 4.78 is 1.00. The van der Waals surface area contributed by atoms with Crippen molar-refractivity contribution in [1.82, 2.24) is 5.32 Å². The van der Waals surface area contributed by atoms with Gasteiger partial charge in [0.15, 0.2) is 0 Å². The van der Waals surface area contributed by atoms with Gasteiger partial charge in [-0.05, 0) is 41.5 Å². The van der Waals surface area contributed by atoms with Crippen LogP contribution in [0.2, 0.25) is 0 Å². The summed E-state index contributed by atoms with van der Waals surface area (Å²) in [5.41, 5.74) is -0.642. The summed E-state index contributed by atoms with van der Waals surface area (Å²) in [7, 11) is 0. The van der Waals surface area contributed by atoms with Gasteiger partial charge in [0.1, 0.15) is 5.54 Å². The van der Waals surface area contributed by atoms with Gasteiger partial charge in [-0.2, -0.15) is 0 Å². The van der Waals surface area contributed by atoms with Gasteiger partial charge >= 0.3 is 5.97 Å². The van der Waals surface area contributed by atoms with Crippen molar-refractivity contribution in [2.45, 2.75) is 32.2 Å². The number of thiophene rings is 1. The van der Waals surface area contributed by atoms with E-state index >= 15 is 0 Å². The zero-order valence-corrected chi connectivity index (χ0v) is 12.6. The predicted molar refractivity (Wildman–Crippen MR) is 75.5 cm³/mol. The van der Waals surface area contributed by atoms with Crippen LogP contribution in [0.25, 0.3) is 0 Å². The Morgan fingerprint density at radius 2 is 2.06 bits per heavy atom. The van der Waals surface area contributed by atoms with Crippen LogP contribution in [0.4, 0.5) is 0 Å². The molecule has 0 saturated carbocycles. The molecule has 0 fully saturated rings. The zero-order chi connectivity index (χ0) is 13.1. The normalized spacial score (nSPS) is 11.2. The third kappa shape index (κ3) is 3.19. The number of halogens is 1. The Bertz CT molecular complexity index is 426. The Balaban J connectivity index is 2.88. The first-order valence-electron chi connectivity index (χ1n) is 5.25. The minimum Gasteiger partial charge on any atom is -0.480 e. The molecule has 1 heterocycles. The fraction of sp³-hybridized carbons (Fsp3) is 0.455.